The first kappa shape index (κ1) is 15.0. The van der Waals surface area contributed by atoms with Crippen molar-refractivity contribution in [1.82, 2.24) is 25.0 Å². The molecule has 1 saturated carbocycles. The van der Waals surface area contributed by atoms with E-state index >= 15 is 0 Å². The van der Waals surface area contributed by atoms with Gasteiger partial charge in [-0.1, -0.05) is 13.8 Å². The van der Waals surface area contributed by atoms with E-state index < -0.39 is 0 Å². The summed E-state index contributed by atoms with van der Waals surface area (Å²) >= 11 is 0. The van der Waals surface area contributed by atoms with Gasteiger partial charge in [-0.2, -0.15) is 5.10 Å². The third-order valence-corrected chi connectivity index (χ3v) is 4.60. The predicted molar refractivity (Wildman–Crippen MR) is 83.9 cm³/mol. The summed E-state index contributed by atoms with van der Waals surface area (Å²) in [6.45, 7) is 13.1. The van der Waals surface area contributed by atoms with Gasteiger partial charge in [0.15, 0.2) is 0 Å². The van der Waals surface area contributed by atoms with Gasteiger partial charge in [-0.25, -0.2) is 9.67 Å². The second kappa shape index (κ2) is 5.69. The number of nitrogens with one attached hydrogen (secondary N) is 1. The summed E-state index contributed by atoms with van der Waals surface area (Å²) in [5, 5.41) is 8.11. The molecule has 1 atom stereocenters. The summed E-state index contributed by atoms with van der Waals surface area (Å²) in [5.74, 6) is 2.60. The molecule has 5 nitrogen and oxygen atoms in total. The first-order chi connectivity index (χ1) is 9.94. The van der Waals surface area contributed by atoms with Gasteiger partial charge in [0.2, 0.25) is 0 Å². The van der Waals surface area contributed by atoms with Crippen LogP contribution < -0.4 is 5.32 Å². The molecule has 1 aliphatic heterocycles. The van der Waals surface area contributed by atoms with Crippen LogP contribution in [0.15, 0.2) is 6.33 Å². The van der Waals surface area contributed by atoms with Crippen LogP contribution in [0.3, 0.4) is 0 Å². The molecule has 1 saturated heterocycles. The Bertz CT molecular complexity index is 475. The van der Waals surface area contributed by atoms with E-state index in [1.54, 1.807) is 6.33 Å². The highest BCUT2D eigenvalue weighted by Gasteiger charge is 2.41. The summed E-state index contributed by atoms with van der Waals surface area (Å²) in [7, 11) is 0. The molecule has 2 aliphatic rings. The SMILES string of the molecule is CC(C)Cn1ncnc1CN1CC(C)(C)NCC1C1CC1. The monoisotopic (exact) mass is 291 g/mol. The fraction of sp³-hybridized carbons (Fsp3) is 0.875. The van der Waals surface area contributed by atoms with Gasteiger partial charge in [-0.3, -0.25) is 4.90 Å². The molecule has 118 valence electrons. The van der Waals surface area contributed by atoms with E-state index in [1.165, 1.54) is 12.8 Å². The van der Waals surface area contributed by atoms with E-state index in [0.29, 0.717) is 12.0 Å². The summed E-state index contributed by atoms with van der Waals surface area (Å²) in [6.07, 6.45) is 4.49. The second-order valence-electron chi connectivity index (χ2n) is 7.83. The van der Waals surface area contributed by atoms with Crippen LogP contribution in [-0.2, 0) is 13.1 Å². The van der Waals surface area contributed by atoms with Crippen LogP contribution >= 0.6 is 0 Å². The van der Waals surface area contributed by atoms with E-state index in [2.05, 4.69) is 52.7 Å². The van der Waals surface area contributed by atoms with Crippen molar-refractivity contribution in [1.29, 1.82) is 0 Å². The van der Waals surface area contributed by atoms with Crippen molar-refractivity contribution >= 4 is 0 Å². The first-order valence-electron chi connectivity index (χ1n) is 8.30. The maximum absolute atomic E-state index is 4.52. The Morgan fingerprint density at radius 1 is 1.38 bits per heavy atom. The smallest absolute Gasteiger partial charge is 0.141 e. The number of aromatic nitrogens is 3. The van der Waals surface area contributed by atoms with Crippen molar-refractivity contribution in [2.45, 2.75) is 65.2 Å². The molecule has 0 amide bonds. The maximum atomic E-state index is 4.52. The van der Waals surface area contributed by atoms with Gasteiger partial charge in [-0.15, -0.1) is 0 Å². The predicted octanol–water partition coefficient (Wildman–Crippen LogP) is 1.90. The van der Waals surface area contributed by atoms with E-state index in [-0.39, 0.29) is 5.54 Å². The molecule has 1 N–H and O–H groups in total. The number of hydrogen-bond acceptors (Lipinski definition) is 4. The highest BCUT2D eigenvalue weighted by molar-refractivity contribution is 5.00. The summed E-state index contributed by atoms with van der Waals surface area (Å²) < 4.78 is 2.09. The molecular weight excluding hydrogens is 262 g/mol. The van der Waals surface area contributed by atoms with Crippen molar-refractivity contribution in [3.05, 3.63) is 12.2 Å². The number of rotatable bonds is 5. The minimum absolute atomic E-state index is 0.189. The fourth-order valence-corrected chi connectivity index (χ4v) is 3.40. The normalized spacial score (nSPS) is 26.4. The van der Waals surface area contributed by atoms with Crippen molar-refractivity contribution < 1.29 is 0 Å². The Morgan fingerprint density at radius 3 is 2.81 bits per heavy atom. The molecule has 2 fully saturated rings. The molecule has 5 heteroatoms. The van der Waals surface area contributed by atoms with E-state index in [4.69, 9.17) is 0 Å². The van der Waals surface area contributed by atoms with Crippen LogP contribution in [0, 0.1) is 11.8 Å². The van der Waals surface area contributed by atoms with Crippen molar-refractivity contribution in [2.24, 2.45) is 11.8 Å². The van der Waals surface area contributed by atoms with Crippen LogP contribution in [0.4, 0.5) is 0 Å². The molecule has 0 bridgehead atoms. The van der Waals surface area contributed by atoms with Crippen LogP contribution in [0.5, 0.6) is 0 Å². The third-order valence-electron chi connectivity index (χ3n) is 4.60. The minimum atomic E-state index is 0.189. The van der Waals surface area contributed by atoms with Gasteiger partial charge >= 0.3 is 0 Å². The zero-order valence-electron chi connectivity index (χ0n) is 13.8. The standard InChI is InChI=1S/C16H29N5/c1-12(2)8-21-15(17-11-19-21)9-20-10-16(3,4)18-7-14(20)13-5-6-13/h11-14,18H,5-10H2,1-4H3. The zero-order valence-corrected chi connectivity index (χ0v) is 13.8. The number of hydrogen-bond donors (Lipinski definition) is 1. The number of nitrogens with zero attached hydrogens (tertiary/aromatic N) is 4. The van der Waals surface area contributed by atoms with Crippen molar-refractivity contribution in [3.63, 3.8) is 0 Å². The Morgan fingerprint density at radius 2 is 2.14 bits per heavy atom. The van der Waals surface area contributed by atoms with Gasteiger partial charge in [0.05, 0.1) is 6.54 Å². The molecule has 3 rings (SSSR count). The average Bonchev–Trinajstić information content (AvgIpc) is 3.12. The fourth-order valence-electron chi connectivity index (χ4n) is 3.40. The third kappa shape index (κ3) is 3.64. The lowest BCUT2D eigenvalue weighted by atomic mass is 9.96. The van der Waals surface area contributed by atoms with E-state index in [9.17, 15) is 0 Å². The average molecular weight is 291 g/mol. The lowest BCUT2D eigenvalue weighted by Gasteiger charge is -2.44. The van der Waals surface area contributed by atoms with Gasteiger partial charge in [0.1, 0.15) is 12.2 Å². The molecule has 0 aromatic carbocycles. The maximum Gasteiger partial charge on any atom is 0.141 e. The highest BCUT2D eigenvalue weighted by Crippen LogP contribution is 2.37. The van der Waals surface area contributed by atoms with E-state index in [1.807, 2.05) is 0 Å². The molecule has 1 aromatic rings. The quantitative estimate of drug-likeness (QED) is 0.900. The largest absolute Gasteiger partial charge is 0.309 e. The van der Waals surface area contributed by atoms with Gasteiger partial charge in [-0.05, 0) is 38.5 Å². The van der Waals surface area contributed by atoms with Crippen LogP contribution in [0.25, 0.3) is 0 Å². The summed E-state index contributed by atoms with van der Waals surface area (Å²) in [5.41, 5.74) is 0.189. The summed E-state index contributed by atoms with van der Waals surface area (Å²) in [6, 6.07) is 0.669. The van der Waals surface area contributed by atoms with Crippen molar-refractivity contribution in [3.8, 4) is 0 Å². The molecule has 21 heavy (non-hydrogen) atoms. The molecule has 0 spiro atoms. The van der Waals surface area contributed by atoms with Crippen LogP contribution in [0.2, 0.25) is 0 Å². The Balaban J connectivity index is 1.73. The van der Waals surface area contributed by atoms with E-state index in [0.717, 1.165) is 37.9 Å². The Kier molecular flexibility index (Phi) is 4.06. The molecule has 1 unspecified atom stereocenters. The van der Waals surface area contributed by atoms with Crippen molar-refractivity contribution in [2.75, 3.05) is 13.1 Å². The van der Waals surface area contributed by atoms with Gasteiger partial charge in [0.25, 0.3) is 0 Å². The lowest BCUT2D eigenvalue weighted by molar-refractivity contribution is 0.0720. The molecule has 1 aliphatic carbocycles. The minimum Gasteiger partial charge on any atom is -0.309 e. The molecule has 1 aromatic heterocycles. The second-order valence-corrected chi connectivity index (χ2v) is 7.83. The highest BCUT2D eigenvalue weighted by atomic mass is 15.4. The van der Waals surface area contributed by atoms with Crippen LogP contribution in [-0.4, -0.2) is 44.3 Å². The Hall–Kier alpha value is -0.940. The topological polar surface area (TPSA) is 46.0 Å². The Labute approximate surface area is 128 Å². The molecule has 0 radical (unpaired) electrons. The first-order valence-corrected chi connectivity index (χ1v) is 8.30. The lowest BCUT2D eigenvalue weighted by Crippen LogP contribution is -2.61. The molecule has 2 heterocycles. The van der Waals surface area contributed by atoms with Gasteiger partial charge in [0, 0.05) is 31.2 Å². The van der Waals surface area contributed by atoms with Gasteiger partial charge < -0.3 is 5.32 Å². The van der Waals surface area contributed by atoms with Crippen LogP contribution in [0.1, 0.15) is 46.4 Å². The zero-order chi connectivity index (χ0) is 15.0. The molecular formula is C16H29N5. The summed E-state index contributed by atoms with van der Waals surface area (Å²) in [4.78, 5) is 7.15. The number of piperazine rings is 1.